The summed E-state index contributed by atoms with van der Waals surface area (Å²) in [6.45, 7) is 3.91. The zero-order chi connectivity index (χ0) is 20.0. The van der Waals surface area contributed by atoms with Crippen LogP contribution in [0.2, 0.25) is 0 Å². The van der Waals surface area contributed by atoms with Gasteiger partial charge >= 0.3 is 11.7 Å². The number of nitrogens with zero attached hydrogens (tertiary/aromatic N) is 1. The van der Waals surface area contributed by atoms with Gasteiger partial charge in [-0.05, 0) is 30.9 Å². The standard InChI is InChI=1S/C19H25N3O5/c1-12(2)16(17(25)20-11-7-3-4-10-15(23)24)22-18(26)13-8-5-6-9-14(13)21-19(22)27/h5-6,8-9,12,16H,3-4,7,10-11H2,1-2H3,(H,20,25)(H,21,27)(H,23,24). The van der Waals surface area contributed by atoms with Gasteiger partial charge in [0.05, 0.1) is 10.9 Å². The van der Waals surface area contributed by atoms with Gasteiger partial charge in [0.15, 0.2) is 0 Å². The second-order valence-electron chi connectivity index (χ2n) is 6.84. The lowest BCUT2D eigenvalue weighted by molar-refractivity contribution is -0.137. The number of carbonyl (C=O) groups is 2. The molecule has 0 saturated heterocycles. The number of benzene rings is 1. The molecule has 8 heteroatoms. The number of fused-ring (bicyclic) bond motifs is 1. The van der Waals surface area contributed by atoms with Crippen LogP contribution in [0.5, 0.6) is 0 Å². The van der Waals surface area contributed by atoms with Gasteiger partial charge in [0.2, 0.25) is 5.91 Å². The Labute approximate surface area is 156 Å². The van der Waals surface area contributed by atoms with Crippen molar-refractivity contribution in [2.75, 3.05) is 6.54 Å². The zero-order valence-electron chi connectivity index (χ0n) is 15.5. The van der Waals surface area contributed by atoms with Gasteiger partial charge in [0.25, 0.3) is 5.56 Å². The number of unbranched alkanes of at least 4 members (excludes halogenated alkanes) is 2. The third-order valence-electron chi connectivity index (χ3n) is 4.38. The first-order valence-electron chi connectivity index (χ1n) is 9.06. The summed E-state index contributed by atoms with van der Waals surface area (Å²) in [7, 11) is 0. The lowest BCUT2D eigenvalue weighted by Crippen LogP contribution is -2.46. The normalized spacial score (nSPS) is 12.3. The number of H-pyrrole nitrogens is 1. The Morgan fingerprint density at radius 2 is 1.85 bits per heavy atom. The van der Waals surface area contributed by atoms with Crippen LogP contribution < -0.4 is 16.6 Å². The molecule has 0 aliphatic heterocycles. The first kappa shape index (κ1) is 20.4. The van der Waals surface area contributed by atoms with Crippen LogP contribution in [0.3, 0.4) is 0 Å². The molecule has 0 aliphatic rings. The van der Waals surface area contributed by atoms with E-state index >= 15 is 0 Å². The summed E-state index contributed by atoms with van der Waals surface area (Å²) in [5.41, 5.74) is -0.677. The Balaban J connectivity index is 2.17. The van der Waals surface area contributed by atoms with Crippen molar-refractivity contribution in [1.29, 1.82) is 0 Å². The average molecular weight is 375 g/mol. The molecule has 2 aromatic rings. The number of hydrogen-bond acceptors (Lipinski definition) is 4. The fraction of sp³-hybridized carbons (Fsp3) is 0.474. The monoisotopic (exact) mass is 375 g/mol. The molecule has 0 fully saturated rings. The van der Waals surface area contributed by atoms with Crippen LogP contribution in [0.1, 0.15) is 45.6 Å². The van der Waals surface area contributed by atoms with Crippen molar-refractivity contribution in [3.8, 4) is 0 Å². The lowest BCUT2D eigenvalue weighted by Gasteiger charge is -2.22. The maximum absolute atomic E-state index is 12.8. The van der Waals surface area contributed by atoms with Gasteiger partial charge < -0.3 is 15.4 Å². The molecular weight excluding hydrogens is 350 g/mol. The van der Waals surface area contributed by atoms with Crippen LogP contribution >= 0.6 is 0 Å². The molecule has 0 radical (unpaired) electrons. The average Bonchev–Trinajstić information content (AvgIpc) is 2.60. The van der Waals surface area contributed by atoms with Crippen LogP contribution in [-0.2, 0) is 9.59 Å². The number of aliphatic carboxylic acids is 1. The number of carboxylic acids is 1. The number of aromatic nitrogens is 2. The Morgan fingerprint density at radius 1 is 1.15 bits per heavy atom. The van der Waals surface area contributed by atoms with Crippen LogP contribution in [0, 0.1) is 5.92 Å². The maximum atomic E-state index is 12.8. The van der Waals surface area contributed by atoms with Crippen molar-refractivity contribution < 1.29 is 14.7 Å². The quantitative estimate of drug-likeness (QED) is 0.575. The first-order valence-corrected chi connectivity index (χ1v) is 9.06. The lowest BCUT2D eigenvalue weighted by atomic mass is 10.0. The number of para-hydroxylation sites is 1. The van der Waals surface area contributed by atoms with E-state index in [1.165, 1.54) is 0 Å². The summed E-state index contributed by atoms with van der Waals surface area (Å²) in [4.78, 5) is 51.0. The molecule has 1 unspecified atom stereocenters. The molecule has 1 amide bonds. The number of aromatic amines is 1. The Hall–Kier alpha value is -2.90. The van der Waals surface area contributed by atoms with E-state index in [-0.39, 0.29) is 12.3 Å². The predicted molar refractivity (Wildman–Crippen MR) is 102 cm³/mol. The minimum atomic E-state index is -0.926. The van der Waals surface area contributed by atoms with E-state index in [1.54, 1.807) is 38.1 Å². The molecule has 27 heavy (non-hydrogen) atoms. The van der Waals surface area contributed by atoms with Gasteiger partial charge in [-0.25, -0.2) is 9.36 Å². The second kappa shape index (κ2) is 9.16. The Kier molecular flexibility index (Phi) is 6.92. The highest BCUT2D eigenvalue weighted by molar-refractivity contribution is 5.82. The molecule has 146 valence electrons. The van der Waals surface area contributed by atoms with E-state index in [9.17, 15) is 19.2 Å². The largest absolute Gasteiger partial charge is 0.481 e. The fourth-order valence-electron chi connectivity index (χ4n) is 3.04. The molecule has 1 aromatic heterocycles. The number of hydrogen-bond donors (Lipinski definition) is 3. The minimum Gasteiger partial charge on any atom is -0.481 e. The van der Waals surface area contributed by atoms with Crippen LogP contribution in [0.4, 0.5) is 0 Å². The highest BCUT2D eigenvalue weighted by Crippen LogP contribution is 2.15. The molecule has 0 saturated carbocycles. The third-order valence-corrected chi connectivity index (χ3v) is 4.38. The van der Waals surface area contributed by atoms with Crippen molar-refractivity contribution in [3.05, 3.63) is 45.1 Å². The van der Waals surface area contributed by atoms with Crippen molar-refractivity contribution in [3.63, 3.8) is 0 Å². The molecule has 1 heterocycles. The molecule has 0 spiro atoms. The predicted octanol–water partition coefficient (Wildman–Crippen LogP) is 1.65. The highest BCUT2D eigenvalue weighted by atomic mass is 16.4. The van der Waals surface area contributed by atoms with Crippen molar-refractivity contribution in [2.45, 2.75) is 45.6 Å². The smallest absolute Gasteiger partial charge is 0.329 e. The molecule has 0 bridgehead atoms. The van der Waals surface area contributed by atoms with Gasteiger partial charge in [-0.15, -0.1) is 0 Å². The van der Waals surface area contributed by atoms with Crippen LogP contribution in [0.25, 0.3) is 10.9 Å². The van der Waals surface area contributed by atoms with E-state index in [0.717, 1.165) is 4.57 Å². The number of carbonyl (C=O) groups excluding carboxylic acids is 1. The van der Waals surface area contributed by atoms with Gasteiger partial charge in [-0.2, -0.15) is 0 Å². The Bertz CT molecular complexity index is 929. The summed E-state index contributed by atoms with van der Waals surface area (Å²) in [6, 6.07) is 5.75. The summed E-state index contributed by atoms with van der Waals surface area (Å²) in [5, 5.41) is 11.7. The van der Waals surface area contributed by atoms with Gasteiger partial charge in [-0.1, -0.05) is 32.4 Å². The molecule has 3 N–H and O–H groups in total. The summed E-state index contributed by atoms with van der Waals surface area (Å²) in [6.07, 6.45) is 1.95. The van der Waals surface area contributed by atoms with E-state index < -0.39 is 29.2 Å². The van der Waals surface area contributed by atoms with E-state index in [4.69, 9.17) is 5.11 Å². The number of nitrogens with one attached hydrogen (secondary N) is 2. The van der Waals surface area contributed by atoms with E-state index in [0.29, 0.717) is 36.7 Å². The van der Waals surface area contributed by atoms with Gasteiger partial charge in [-0.3, -0.25) is 14.4 Å². The maximum Gasteiger partial charge on any atom is 0.329 e. The van der Waals surface area contributed by atoms with Gasteiger partial charge in [0, 0.05) is 13.0 Å². The molecule has 8 nitrogen and oxygen atoms in total. The van der Waals surface area contributed by atoms with Crippen LogP contribution in [0.15, 0.2) is 33.9 Å². The molecule has 1 atom stereocenters. The SMILES string of the molecule is CC(C)C(C(=O)NCCCCCC(=O)O)n1c(=O)[nH]c2ccccc2c1=O. The van der Waals surface area contributed by atoms with Crippen molar-refractivity contribution in [1.82, 2.24) is 14.9 Å². The number of carboxylic acid groups (broad SMARTS) is 1. The van der Waals surface area contributed by atoms with Crippen molar-refractivity contribution in [2.24, 2.45) is 5.92 Å². The molecule has 2 rings (SSSR count). The zero-order valence-corrected chi connectivity index (χ0v) is 15.5. The summed E-state index contributed by atoms with van der Waals surface area (Å²) < 4.78 is 0.979. The summed E-state index contributed by atoms with van der Waals surface area (Å²) >= 11 is 0. The molecular formula is C19H25N3O5. The topological polar surface area (TPSA) is 121 Å². The molecule has 0 aliphatic carbocycles. The van der Waals surface area contributed by atoms with Gasteiger partial charge in [0.1, 0.15) is 6.04 Å². The number of amides is 1. The fourth-order valence-corrected chi connectivity index (χ4v) is 3.04. The molecule has 1 aromatic carbocycles. The van der Waals surface area contributed by atoms with E-state index in [2.05, 4.69) is 10.3 Å². The van der Waals surface area contributed by atoms with E-state index in [1.807, 2.05) is 0 Å². The third kappa shape index (κ3) is 5.06. The summed E-state index contributed by atoms with van der Waals surface area (Å²) in [5.74, 6) is -1.50. The second-order valence-corrected chi connectivity index (χ2v) is 6.84. The van der Waals surface area contributed by atoms with Crippen LogP contribution in [-0.4, -0.2) is 33.1 Å². The minimum absolute atomic E-state index is 0.102. The Morgan fingerprint density at radius 3 is 2.52 bits per heavy atom. The highest BCUT2D eigenvalue weighted by Gasteiger charge is 2.27. The first-order chi connectivity index (χ1) is 12.8. The van der Waals surface area contributed by atoms with Crippen molar-refractivity contribution >= 4 is 22.8 Å². The number of rotatable bonds is 9.